The Labute approximate surface area is 131 Å². The second-order valence-electron chi connectivity index (χ2n) is 5.22. The molecule has 0 fully saturated rings. The number of aryl methyl sites for hydroxylation is 3. The summed E-state index contributed by atoms with van der Waals surface area (Å²) < 4.78 is 5.19. The molecule has 0 aliphatic heterocycles. The molecule has 0 saturated carbocycles. The lowest BCUT2D eigenvalue weighted by atomic mass is 10.1. The van der Waals surface area contributed by atoms with Crippen LogP contribution in [-0.2, 0) is 12.8 Å². The zero-order chi connectivity index (χ0) is 15.9. The SMILES string of the molecule is CCc1c(C)sc2nc(CC(=O)c3occc3C)[nH]c(=O)c12. The van der Waals surface area contributed by atoms with Crippen molar-refractivity contribution in [2.75, 3.05) is 0 Å². The number of nitrogens with zero attached hydrogens (tertiary/aromatic N) is 1. The van der Waals surface area contributed by atoms with Gasteiger partial charge < -0.3 is 9.40 Å². The van der Waals surface area contributed by atoms with E-state index >= 15 is 0 Å². The topological polar surface area (TPSA) is 76.0 Å². The summed E-state index contributed by atoms with van der Waals surface area (Å²) in [5, 5.41) is 0.648. The number of ketones is 1. The van der Waals surface area contributed by atoms with Crippen LogP contribution in [0.3, 0.4) is 0 Å². The van der Waals surface area contributed by atoms with Gasteiger partial charge in [-0.3, -0.25) is 9.59 Å². The third-order valence-corrected chi connectivity index (χ3v) is 4.75. The number of rotatable bonds is 4. The van der Waals surface area contributed by atoms with Gasteiger partial charge >= 0.3 is 0 Å². The van der Waals surface area contributed by atoms with Gasteiger partial charge in [0.25, 0.3) is 5.56 Å². The summed E-state index contributed by atoms with van der Waals surface area (Å²) in [6.45, 7) is 5.82. The summed E-state index contributed by atoms with van der Waals surface area (Å²) in [5.74, 6) is 0.510. The number of fused-ring (bicyclic) bond motifs is 1. The van der Waals surface area contributed by atoms with Gasteiger partial charge in [0.1, 0.15) is 10.7 Å². The van der Waals surface area contributed by atoms with Crippen molar-refractivity contribution in [2.24, 2.45) is 0 Å². The molecule has 0 bridgehead atoms. The van der Waals surface area contributed by atoms with Crippen LogP contribution < -0.4 is 5.56 Å². The van der Waals surface area contributed by atoms with Gasteiger partial charge in [0.2, 0.25) is 5.78 Å². The van der Waals surface area contributed by atoms with E-state index in [2.05, 4.69) is 9.97 Å². The molecule has 22 heavy (non-hydrogen) atoms. The normalized spacial score (nSPS) is 11.2. The van der Waals surface area contributed by atoms with Crippen molar-refractivity contribution in [3.05, 3.63) is 50.3 Å². The Morgan fingerprint density at radius 1 is 1.41 bits per heavy atom. The highest BCUT2D eigenvalue weighted by Crippen LogP contribution is 2.27. The fourth-order valence-corrected chi connectivity index (χ4v) is 3.75. The van der Waals surface area contributed by atoms with E-state index in [1.807, 2.05) is 20.8 Å². The first-order valence-electron chi connectivity index (χ1n) is 7.09. The highest BCUT2D eigenvalue weighted by atomic mass is 32.1. The van der Waals surface area contributed by atoms with Crippen LogP contribution in [-0.4, -0.2) is 15.8 Å². The highest BCUT2D eigenvalue weighted by Gasteiger charge is 2.18. The van der Waals surface area contributed by atoms with Crippen molar-refractivity contribution in [3.8, 4) is 0 Å². The van der Waals surface area contributed by atoms with Crippen molar-refractivity contribution < 1.29 is 9.21 Å². The Morgan fingerprint density at radius 3 is 2.82 bits per heavy atom. The molecule has 0 atom stereocenters. The molecule has 3 aromatic heterocycles. The van der Waals surface area contributed by atoms with E-state index in [1.54, 1.807) is 6.07 Å². The van der Waals surface area contributed by atoms with Gasteiger partial charge in [0, 0.05) is 4.88 Å². The molecular formula is C16H16N2O3S. The Morgan fingerprint density at radius 2 is 2.18 bits per heavy atom. The quantitative estimate of drug-likeness (QED) is 0.750. The number of carbonyl (C=O) groups is 1. The minimum absolute atomic E-state index is 0.0257. The van der Waals surface area contributed by atoms with Crippen LogP contribution in [0.4, 0.5) is 0 Å². The Hall–Kier alpha value is -2.21. The average Bonchev–Trinajstić information content (AvgIpc) is 3.01. The van der Waals surface area contributed by atoms with E-state index in [-0.39, 0.29) is 17.8 Å². The first-order chi connectivity index (χ1) is 10.5. The minimum Gasteiger partial charge on any atom is -0.461 e. The second-order valence-corrected chi connectivity index (χ2v) is 6.42. The predicted octanol–water partition coefficient (Wildman–Crippen LogP) is 3.18. The molecule has 0 radical (unpaired) electrons. The molecule has 0 spiro atoms. The molecule has 0 unspecified atom stereocenters. The standard InChI is InChI=1S/C16H16N2O3S/c1-4-10-9(3)22-16-13(10)15(20)17-12(18-16)7-11(19)14-8(2)5-6-21-14/h5-6H,4,7H2,1-3H3,(H,17,18,20). The fraction of sp³-hybridized carbons (Fsp3) is 0.312. The van der Waals surface area contributed by atoms with Crippen LogP contribution in [0.15, 0.2) is 21.5 Å². The first kappa shape index (κ1) is 14.7. The smallest absolute Gasteiger partial charge is 0.259 e. The van der Waals surface area contributed by atoms with Crippen LogP contribution in [0.25, 0.3) is 10.2 Å². The zero-order valence-corrected chi connectivity index (χ0v) is 13.5. The number of carbonyl (C=O) groups excluding carboxylic acids is 1. The number of nitrogens with one attached hydrogen (secondary N) is 1. The van der Waals surface area contributed by atoms with Gasteiger partial charge in [0.05, 0.1) is 18.1 Å². The first-order valence-corrected chi connectivity index (χ1v) is 7.91. The van der Waals surface area contributed by atoms with E-state index in [4.69, 9.17) is 4.42 Å². The summed E-state index contributed by atoms with van der Waals surface area (Å²) in [5.41, 5.74) is 1.65. The van der Waals surface area contributed by atoms with Gasteiger partial charge in [-0.05, 0) is 37.5 Å². The summed E-state index contributed by atoms with van der Waals surface area (Å²) in [4.78, 5) is 33.5. The lowest BCUT2D eigenvalue weighted by Crippen LogP contribution is -2.15. The summed E-state index contributed by atoms with van der Waals surface area (Å²) in [7, 11) is 0. The molecule has 5 nitrogen and oxygen atoms in total. The number of aromatic amines is 1. The van der Waals surface area contributed by atoms with Gasteiger partial charge in [0.15, 0.2) is 5.76 Å². The number of furan rings is 1. The molecule has 0 aromatic carbocycles. The molecule has 114 valence electrons. The minimum atomic E-state index is -0.186. The molecule has 0 amide bonds. The number of H-pyrrole nitrogens is 1. The van der Waals surface area contributed by atoms with Crippen LogP contribution in [0, 0.1) is 13.8 Å². The van der Waals surface area contributed by atoms with Gasteiger partial charge in [-0.25, -0.2) is 4.98 Å². The van der Waals surface area contributed by atoms with Crippen molar-refractivity contribution in [3.63, 3.8) is 0 Å². The van der Waals surface area contributed by atoms with Crippen LogP contribution in [0.1, 0.15) is 39.3 Å². The number of hydrogen-bond acceptors (Lipinski definition) is 5. The van der Waals surface area contributed by atoms with Crippen molar-refractivity contribution >= 4 is 27.3 Å². The average molecular weight is 316 g/mol. The van der Waals surface area contributed by atoms with E-state index in [0.717, 1.165) is 22.4 Å². The maximum absolute atomic E-state index is 12.3. The van der Waals surface area contributed by atoms with Crippen LogP contribution in [0.5, 0.6) is 0 Å². The van der Waals surface area contributed by atoms with Gasteiger partial charge in [-0.15, -0.1) is 11.3 Å². The molecule has 0 aliphatic carbocycles. The van der Waals surface area contributed by atoms with Crippen molar-refractivity contribution in [1.82, 2.24) is 9.97 Å². The van der Waals surface area contributed by atoms with E-state index in [0.29, 0.717) is 21.8 Å². The molecule has 3 aromatic rings. The predicted molar refractivity (Wildman–Crippen MR) is 85.8 cm³/mol. The molecular weight excluding hydrogens is 300 g/mol. The second kappa shape index (κ2) is 5.53. The summed E-state index contributed by atoms with van der Waals surface area (Å²) in [6.07, 6.45) is 2.30. The lowest BCUT2D eigenvalue weighted by molar-refractivity contribution is 0.0963. The summed E-state index contributed by atoms with van der Waals surface area (Å²) in [6, 6.07) is 1.74. The molecule has 3 heterocycles. The fourth-order valence-electron chi connectivity index (χ4n) is 2.62. The maximum Gasteiger partial charge on any atom is 0.259 e. The van der Waals surface area contributed by atoms with Crippen LogP contribution >= 0.6 is 11.3 Å². The number of Topliss-reactive ketones (excluding diaryl/α,β-unsaturated/α-hetero) is 1. The number of aromatic nitrogens is 2. The van der Waals surface area contributed by atoms with Gasteiger partial charge in [-0.2, -0.15) is 0 Å². The van der Waals surface area contributed by atoms with E-state index in [1.165, 1.54) is 17.6 Å². The lowest BCUT2D eigenvalue weighted by Gasteiger charge is -2.01. The molecule has 0 aliphatic rings. The molecule has 6 heteroatoms. The third kappa shape index (κ3) is 2.39. The Kier molecular flexibility index (Phi) is 3.70. The zero-order valence-electron chi connectivity index (χ0n) is 12.6. The van der Waals surface area contributed by atoms with Gasteiger partial charge in [-0.1, -0.05) is 6.92 Å². The Balaban J connectivity index is 2.01. The molecule has 1 N–H and O–H groups in total. The van der Waals surface area contributed by atoms with Crippen LogP contribution in [0.2, 0.25) is 0 Å². The van der Waals surface area contributed by atoms with E-state index in [9.17, 15) is 9.59 Å². The third-order valence-electron chi connectivity index (χ3n) is 3.71. The largest absolute Gasteiger partial charge is 0.461 e. The molecule has 3 rings (SSSR count). The molecule has 0 saturated heterocycles. The maximum atomic E-state index is 12.3. The van der Waals surface area contributed by atoms with E-state index < -0.39 is 0 Å². The summed E-state index contributed by atoms with van der Waals surface area (Å²) >= 11 is 1.49. The Bertz CT molecular complexity index is 917. The van der Waals surface area contributed by atoms with Crippen molar-refractivity contribution in [2.45, 2.75) is 33.6 Å². The number of thiophene rings is 1. The highest BCUT2D eigenvalue weighted by molar-refractivity contribution is 7.18. The number of hydrogen-bond donors (Lipinski definition) is 1. The van der Waals surface area contributed by atoms with Crippen molar-refractivity contribution in [1.29, 1.82) is 0 Å². The monoisotopic (exact) mass is 316 g/mol.